The Morgan fingerprint density at radius 1 is 1.21 bits per heavy atom. The number of halogens is 2. The molecule has 8 heteroatoms. The summed E-state index contributed by atoms with van der Waals surface area (Å²) in [6.45, 7) is 0. The Kier molecular flexibility index (Phi) is 4.47. The van der Waals surface area contributed by atoms with Gasteiger partial charge in [0.25, 0.3) is 5.91 Å². The first-order valence-corrected chi connectivity index (χ1v) is 8.45. The number of benzene rings is 2. The van der Waals surface area contributed by atoms with Gasteiger partial charge < -0.3 is 9.73 Å². The lowest BCUT2D eigenvalue weighted by Crippen LogP contribution is -2.14. The van der Waals surface area contributed by atoms with Gasteiger partial charge in [-0.1, -0.05) is 11.6 Å². The number of nitrogens with one attached hydrogen (secondary N) is 1. The molecule has 0 aliphatic heterocycles. The zero-order chi connectivity index (χ0) is 19.7. The van der Waals surface area contributed by atoms with Gasteiger partial charge in [0, 0.05) is 11.8 Å². The summed E-state index contributed by atoms with van der Waals surface area (Å²) in [6.07, 6.45) is 1.61. The van der Waals surface area contributed by atoms with Gasteiger partial charge in [0.15, 0.2) is 11.2 Å². The van der Waals surface area contributed by atoms with Gasteiger partial charge in [-0.25, -0.2) is 9.37 Å². The monoisotopic (exact) mass is 392 g/mol. The van der Waals surface area contributed by atoms with Gasteiger partial charge in [-0.3, -0.25) is 4.79 Å². The second kappa shape index (κ2) is 7.10. The third-order valence-electron chi connectivity index (χ3n) is 3.97. The van der Waals surface area contributed by atoms with Crippen LogP contribution in [0.1, 0.15) is 15.9 Å². The Balaban J connectivity index is 1.66. The van der Waals surface area contributed by atoms with Crippen molar-refractivity contribution in [2.45, 2.75) is 0 Å². The highest BCUT2D eigenvalue weighted by molar-refractivity contribution is 6.34. The van der Waals surface area contributed by atoms with Gasteiger partial charge >= 0.3 is 0 Å². The van der Waals surface area contributed by atoms with Crippen LogP contribution >= 0.6 is 11.6 Å². The fraction of sp³-hybridized carbons (Fsp3) is 0. The summed E-state index contributed by atoms with van der Waals surface area (Å²) in [7, 11) is 0. The molecule has 1 amide bonds. The number of fused-ring (bicyclic) bond motifs is 1. The van der Waals surface area contributed by atoms with Crippen LogP contribution < -0.4 is 5.32 Å². The third kappa shape index (κ3) is 3.29. The maximum absolute atomic E-state index is 14.1. The highest BCUT2D eigenvalue weighted by atomic mass is 35.5. The van der Waals surface area contributed by atoms with Gasteiger partial charge in [-0.05, 0) is 48.5 Å². The number of anilines is 1. The number of hydrogen-bond donors (Lipinski definition) is 1. The van der Waals surface area contributed by atoms with E-state index in [9.17, 15) is 9.18 Å². The third-order valence-corrected chi connectivity index (χ3v) is 4.30. The number of nitriles is 1. The summed E-state index contributed by atoms with van der Waals surface area (Å²) in [4.78, 5) is 20.8. The van der Waals surface area contributed by atoms with Gasteiger partial charge in [0.05, 0.1) is 27.9 Å². The number of rotatable bonds is 3. The molecule has 4 rings (SSSR count). The Bertz CT molecular complexity index is 1230. The molecule has 0 atom stereocenters. The van der Waals surface area contributed by atoms with Crippen molar-refractivity contribution in [1.29, 1.82) is 5.26 Å². The minimum atomic E-state index is -0.797. The Morgan fingerprint density at radius 2 is 2.07 bits per heavy atom. The molecule has 0 spiro atoms. The number of hydrogen-bond acceptors (Lipinski definition) is 5. The molecule has 0 saturated heterocycles. The molecular formula is C20H10ClFN4O2. The van der Waals surface area contributed by atoms with E-state index in [-0.39, 0.29) is 21.8 Å². The Morgan fingerprint density at radius 3 is 2.82 bits per heavy atom. The molecule has 28 heavy (non-hydrogen) atoms. The molecule has 0 saturated carbocycles. The van der Waals surface area contributed by atoms with E-state index in [0.717, 1.165) is 6.07 Å². The molecule has 2 aromatic heterocycles. The second-order valence-electron chi connectivity index (χ2n) is 5.80. The molecule has 2 aromatic carbocycles. The fourth-order valence-corrected chi connectivity index (χ4v) is 2.77. The summed E-state index contributed by atoms with van der Waals surface area (Å²) in [6, 6.07) is 13.7. The van der Waals surface area contributed by atoms with Gasteiger partial charge in [-0.2, -0.15) is 10.2 Å². The quantitative estimate of drug-likeness (QED) is 0.540. The standard InChI is InChI=1S/C20H10ClFN4O2/c21-14-6-4-12(20-26-18-17(28-20)2-1-7-24-18)9-16(14)25-19(27)13-5-3-11(10-23)8-15(13)22/h1-9H,(H,25,27). The predicted octanol–water partition coefficient (Wildman–Crippen LogP) is 4.81. The largest absolute Gasteiger partial charge is 0.434 e. The average molecular weight is 393 g/mol. The highest BCUT2D eigenvalue weighted by Crippen LogP contribution is 2.30. The van der Waals surface area contributed by atoms with Gasteiger partial charge in [0.2, 0.25) is 5.89 Å². The molecule has 4 aromatic rings. The highest BCUT2D eigenvalue weighted by Gasteiger charge is 2.16. The molecule has 0 radical (unpaired) electrons. The van der Waals surface area contributed by atoms with E-state index >= 15 is 0 Å². The Hall–Kier alpha value is -3.76. The van der Waals surface area contributed by atoms with Crippen LogP contribution in [0.3, 0.4) is 0 Å². The molecule has 0 aliphatic rings. The molecule has 0 aliphatic carbocycles. The summed E-state index contributed by atoms with van der Waals surface area (Å²) < 4.78 is 19.7. The maximum atomic E-state index is 14.1. The van der Waals surface area contributed by atoms with Crippen LogP contribution in [0.25, 0.3) is 22.7 Å². The summed E-state index contributed by atoms with van der Waals surface area (Å²) in [5.41, 5.74) is 1.74. The first kappa shape index (κ1) is 17.6. The van der Waals surface area contributed by atoms with Crippen molar-refractivity contribution >= 4 is 34.4 Å². The van der Waals surface area contributed by atoms with E-state index < -0.39 is 11.7 Å². The average Bonchev–Trinajstić information content (AvgIpc) is 3.13. The summed E-state index contributed by atoms with van der Waals surface area (Å²) in [5, 5.41) is 11.6. The van der Waals surface area contributed by atoms with E-state index in [0.29, 0.717) is 22.7 Å². The summed E-state index contributed by atoms with van der Waals surface area (Å²) >= 11 is 6.17. The van der Waals surface area contributed by atoms with Crippen LogP contribution in [0.5, 0.6) is 0 Å². The molecule has 136 valence electrons. The Labute approximate surface area is 163 Å². The summed E-state index contributed by atoms with van der Waals surface area (Å²) in [5.74, 6) is -1.18. The molecule has 1 N–H and O–H groups in total. The predicted molar refractivity (Wildman–Crippen MR) is 101 cm³/mol. The van der Waals surface area contributed by atoms with Gasteiger partial charge in [-0.15, -0.1) is 0 Å². The number of nitrogens with zero attached hydrogens (tertiary/aromatic N) is 3. The van der Waals surface area contributed by atoms with Crippen molar-refractivity contribution < 1.29 is 13.6 Å². The number of pyridine rings is 1. The first-order valence-electron chi connectivity index (χ1n) is 8.07. The van der Waals surface area contributed by atoms with Crippen LogP contribution in [-0.4, -0.2) is 15.9 Å². The fourth-order valence-electron chi connectivity index (χ4n) is 2.61. The van der Waals surface area contributed by atoms with Crippen molar-refractivity contribution in [3.8, 4) is 17.5 Å². The van der Waals surface area contributed by atoms with E-state index in [1.54, 1.807) is 36.5 Å². The number of carbonyl (C=O) groups excluding carboxylic acids is 1. The number of carbonyl (C=O) groups is 1. The lowest BCUT2D eigenvalue weighted by atomic mass is 10.1. The van der Waals surface area contributed by atoms with Crippen LogP contribution in [0.15, 0.2) is 59.1 Å². The van der Waals surface area contributed by atoms with Crippen molar-refractivity contribution in [1.82, 2.24) is 9.97 Å². The molecule has 0 fully saturated rings. The van der Waals surface area contributed by atoms with Crippen LogP contribution in [-0.2, 0) is 0 Å². The van der Waals surface area contributed by atoms with Crippen LogP contribution in [0, 0.1) is 17.1 Å². The van der Waals surface area contributed by atoms with Crippen molar-refractivity contribution in [3.05, 3.63) is 76.7 Å². The zero-order valence-electron chi connectivity index (χ0n) is 14.1. The zero-order valence-corrected chi connectivity index (χ0v) is 14.9. The smallest absolute Gasteiger partial charge is 0.258 e. The topological polar surface area (TPSA) is 91.8 Å². The lowest BCUT2D eigenvalue weighted by Gasteiger charge is -2.09. The molecule has 6 nitrogen and oxygen atoms in total. The number of aromatic nitrogens is 2. The first-order chi connectivity index (χ1) is 13.5. The minimum Gasteiger partial charge on any atom is -0.434 e. The van der Waals surface area contributed by atoms with E-state index in [1.807, 2.05) is 6.07 Å². The molecule has 0 bridgehead atoms. The maximum Gasteiger partial charge on any atom is 0.258 e. The van der Waals surface area contributed by atoms with E-state index in [1.165, 1.54) is 12.1 Å². The van der Waals surface area contributed by atoms with Crippen molar-refractivity contribution in [3.63, 3.8) is 0 Å². The van der Waals surface area contributed by atoms with E-state index in [2.05, 4.69) is 15.3 Å². The van der Waals surface area contributed by atoms with Crippen molar-refractivity contribution in [2.24, 2.45) is 0 Å². The van der Waals surface area contributed by atoms with Crippen LogP contribution in [0.2, 0.25) is 5.02 Å². The van der Waals surface area contributed by atoms with Crippen LogP contribution in [0.4, 0.5) is 10.1 Å². The van der Waals surface area contributed by atoms with E-state index in [4.69, 9.17) is 21.3 Å². The second-order valence-corrected chi connectivity index (χ2v) is 6.21. The minimum absolute atomic E-state index is 0.124. The molecular weight excluding hydrogens is 383 g/mol. The van der Waals surface area contributed by atoms with Gasteiger partial charge in [0.1, 0.15) is 5.82 Å². The molecule has 2 heterocycles. The SMILES string of the molecule is N#Cc1ccc(C(=O)Nc2cc(-c3nc4ncccc4o3)ccc2Cl)c(F)c1. The van der Waals surface area contributed by atoms with Crippen molar-refractivity contribution in [2.75, 3.05) is 5.32 Å². The number of amides is 1. The normalized spacial score (nSPS) is 10.6. The number of oxazole rings is 1. The lowest BCUT2D eigenvalue weighted by molar-refractivity contribution is 0.102. The molecule has 0 unspecified atom stereocenters.